The summed E-state index contributed by atoms with van der Waals surface area (Å²) in [5, 5.41) is 3.58. The maximum Gasteiger partial charge on any atom is 0.341 e. The molecule has 0 spiro atoms. The molecule has 1 N–H and O–H groups in total. The lowest BCUT2D eigenvalue weighted by Crippen LogP contribution is -2.30. The highest BCUT2D eigenvalue weighted by atomic mass is 32.1. The number of fused-ring (bicyclic) bond motifs is 2. The second-order valence-electron chi connectivity index (χ2n) is 9.49. The number of aryl methyl sites for hydroxylation is 1. The highest BCUT2D eigenvalue weighted by Gasteiger charge is 2.34. The summed E-state index contributed by atoms with van der Waals surface area (Å²) in [6.07, 6.45) is 11.3. The van der Waals surface area contributed by atoms with Crippen molar-refractivity contribution in [1.29, 1.82) is 0 Å². The molecule has 0 saturated carbocycles. The number of amides is 3. The number of esters is 1. The molecule has 0 radical (unpaired) electrons. The van der Waals surface area contributed by atoms with Crippen LogP contribution in [0.25, 0.3) is 0 Å². The van der Waals surface area contributed by atoms with Crippen LogP contribution in [0.15, 0.2) is 24.3 Å². The molecule has 0 fully saturated rings. The minimum atomic E-state index is -0.367. The summed E-state index contributed by atoms with van der Waals surface area (Å²) in [6, 6.07) is 7.00. The van der Waals surface area contributed by atoms with E-state index in [2.05, 4.69) is 5.32 Å². The minimum absolute atomic E-state index is 0.0479. The molecule has 2 heterocycles. The molecule has 0 unspecified atom stereocenters. The smallest absolute Gasteiger partial charge is 0.341 e. The number of anilines is 1. The number of carbonyl (C=O) groups is 4. The Morgan fingerprint density at radius 3 is 2.17 bits per heavy atom. The van der Waals surface area contributed by atoms with Crippen LogP contribution in [0.4, 0.5) is 5.00 Å². The number of imide groups is 1. The molecule has 7 nitrogen and oxygen atoms in total. The standard InChI is InChI=1S/C28H34N2O5S/c1-35-28(34)24-21-15-12-16-22(21)36-25(24)29-23(31)17-8-6-4-2-3-5-7-11-18-30-26(32)19-13-9-10-14-20(19)27(30)33/h9-10,13-14H,2-8,11-12,15-18H2,1H3,(H,29,31). The molecule has 1 aliphatic heterocycles. The van der Waals surface area contributed by atoms with Gasteiger partial charge in [0.05, 0.1) is 23.8 Å². The van der Waals surface area contributed by atoms with Gasteiger partial charge >= 0.3 is 5.97 Å². The molecular formula is C28H34N2O5S. The SMILES string of the molecule is COC(=O)c1c(NC(=O)CCCCCCCCCCN2C(=O)c3ccccc3C2=O)sc2c1CCC2. The molecule has 1 aliphatic carbocycles. The summed E-state index contributed by atoms with van der Waals surface area (Å²) in [5.74, 6) is -0.768. The van der Waals surface area contributed by atoms with Gasteiger partial charge in [0.25, 0.3) is 11.8 Å². The molecule has 2 aliphatic rings. The summed E-state index contributed by atoms with van der Waals surface area (Å²) < 4.78 is 4.94. The maximum atomic E-state index is 12.4. The highest BCUT2D eigenvalue weighted by molar-refractivity contribution is 7.17. The average molecular weight is 511 g/mol. The number of thiophene rings is 1. The molecule has 0 bridgehead atoms. The zero-order valence-corrected chi connectivity index (χ0v) is 21.7. The van der Waals surface area contributed by atoms with Crippen LogP contribution >= 0.6 is 11.3 Å². The van der Waals surface area contributed by atoms with Crippen molar-refractivity contribution >= 4 is 40.0 Å². The molecule has 3 amide bonds. The average Bonchev–Trinajstić information content (AvgIpc) is 3.53. The van der Waals surface area contributed by atoms with E-state index in [0.717, 1.165) is 76.2 Å². The maximum absolute atomic E-state index is 12.4. The van der Waals surface area contributed by atoms with Gasteiger partial charge in [-0.1, -0.05) is 50.7 Å². The number of ether oxygens (including phenoxy) is 1. The van der Waals surface area contributed by atoms with Crippen molar-refractivity contribution in [3.8, 4) is 0 Å². The molecule has 2 aromatic rings. The van der Waals surface area contributed by atoms with Gasteiger partial charge < -0.3 is 10.1 Å². The fraction of sp³-hybridized carbons (Fsp3) is 0.500. The number of hydrogen-bond acceptors (Lipinski definition) is 6. The van der Waals surface area contributed by atoms with Gasteiger partial charge in [0, 0.05) is 17.8 Å². The molecule has 36 heavy (non-hydrogen) atoms. The zero-order chi connectivity index (χ0) is 25.5. The first-order valence-electron chi connectivity index (χ1n) is 13.0. The lowest BCUT2D eigenvalue weighted by Gasteiger charge is -2.13. The van der Waals surface area contributed by atoms with E-state index in [1.165, 1.54) is 28.2 Å². The lowest BCUT2D eigenvalue weighted by molar-refractivity contribution is -0.116. The Morgan fingerprint density at radius 2 is 1.53 bits per heavy atom. The van der Waals surface area contributed by atoms with Gasteiger partial charge in [-0.05, 0) is 49.8 Å². The Bertz CT molecular complexity index is 1100. The van der Waals surface area contributed by atoms with Crippen LogP contribution in [-0.4, -0.2) is 42.2 Å². The van der Waals surface area contributed by atoms with E-state index in [1.54, 1.807) is 24.3 Å². The summed E-state index contributed by atoms with van der Waals surface area (Å²) in [5.41, 5.74) is 2.62. The highest BCUT2D eigenvalue weighted by Crippen LogP contribution is 2.39. The van der Waals surface area contributed by atoms with Gasteiger partial charge in [-0.2, -0.15) is 0 Å². The van der Waals surface area contributed by atoms with Gasteiger partial charge in [-0.3, -0.25) is 19.3 Å². The van der Waals surface area contributed by atoms with Crippen LogP contribution in [-0.2, 0) is 22.4 Å². The Morgan fingerprint density at radius 1 is 0.917 bits per heavy atom. The Hall–Kier alpha value is -3.00. The predicted molar refractivity (Wildman–Crippen MR) is 140 cm³/mol. The van der Waals surface area contributed by atoms with Gasteiger partial charge in [0.1, 0.15) is 5.00 Å². The molecular weight excluding hydrogens is 476 g/mol. The number of rotatable bonds is 13. The van der Waals surface area contributed by atoms with Crippen LogP contribution in [0.1, 0.15) is 106 Å². The Balaban J connectivity index is 1.05. The fourth-order valence-corrected chi connectivity index (χ4v) is 6.35. The second-order valence-corrected chi connectivity index (χ2v) is 10.6. The van der Waals surface area contributed by atoms with E-state index in [1.807, 2.05) is 0 Å². The zero-order valence-electron chi connectivity index (χ0n) is 20.9. The van der Waals surface area contributed by atoms with E-state index in [0.29, 0.717) is 34.7 Å². The minimum Gasteiger partial charge on any atom is -0.465 e. The third-order valence-corrected chi connectivity index (χ3v) is 8.18. The Kier molecular flexibility index (Phi) is 8.91. The number of carbonyl (C=O) groups excluding carboxylic acids is 4. The topological polar surface area (TPSA) is 92.8 Å². The summed E-state index contributed by atoms with van der Waals surface area (Å²) in [7, 11) is 1.38. The molecule has 192 valence electrons. The summed E-state index contributed by atoms with van der Waals surface area (Å²) in [4.78, 5) is 51.9. The van der Waals surface area contributed by atoms with E-state index in [4.69, 9.17) is 4.74 Å². The number of unbranched alkanes of at least 4 members (excludes halogenated alkanes) is 7. The molecule has 0 atom stereocenters. The van der Waals surface area contributed by atoms with Crippen LogP contribution in [0, 0.1) is 0 Å². The first-order valence-corrected chi connectivity index (χ1v) is 13.8. The normalized spacial score (nSPS) is 14.2. The summed E-state index contributed by atoms with van der Waals surface area (Å²) in [6.45, 7) is 0.479. The molecule has 1 aromatic heterocycles. The van der Waals surface area contributed by atoms with Crippen molar-refractivity contribution < 1.29 is 23.9 Å². The van der Waals surface area contributed by atoms with Crippen molar-refractivity contribution in [3.63, 3.8) is 0 Å². The number of nitrogens with zero attached hydrogens (tertiary/aromatic N) is 1. The first-order chi connectivity index (χ1) is 17.5. The largest absolute Gasteiger partial charge is 0.465 e. The predicted octanol–water partition coefficient (Wildman–Crippen LogP) is 5.77. The molecule has 4 rings (SSSR count). The van der Waals surface area contributed by atoms with E-state index in [-0.39, 0.29) is 23.7 Å². The van der Waals surface area contributed by atoms with Crippen LogP contribution in [0.2, 0.25) is 0 Å². The van der Waals surface area contributed by atoms with E-state index >= 15 is 0 Å². The molecule has 0 saturated heterocycles. The third-order valence-electron chi connectivity index (χ3n) is 6.98. The van der Waals surface area contributed by atoms with E-state index < -0.39 is 0 Å². The third kappa shape index (κ3) is 5.86. The van der Waals surface area contributed by atoms with E-state index in [9.17, 15) is 19.2 Å². The van der Waals surface area contributed by atoms with Crippen molar-refractivity contribution in [2.75, 3.05) is 19.0 Å². The number of methoxy groups -OCH3 is 1. The monoisotopic (exact) mass is 510 g/mol. The molecule has 8 heteroatoms. The van der Waals surface area contributed by atoms with Crippen LogP contribution in [0.5, 0.6) is 0 Å². The second kappa shape index (κ2) is 12.3. The van der Waals surface area contributed by atoms with Crippen molar-refractivity contribution in [1.82, 2.24) is 4.90 Å². The van der Waals surface area contributed by atoms with Gasteiger partial charge in [-0.15, -0.1) is 11.3 Å². The first kappa shape index (κ1) is 26.1. The van der Waals surface area contributed by atoms with Crippen LogP contribution < -0.4 is 5.32 Å². The van der Waals surface area contributed by atoms with Gasteiger partial charge in [0.2, 0.25) is 5.91 Å². The number of nitrogens with one attached hydrogen (secondary N) is 1. The van der Waals surface area contributed by atoms with Crippen LogP contribution in [0.3, 0.4) is 0 Å². The van der Waals surface area contributed by atoms with Gasteiger partial charge in [-0.25, -0.2) is 4.79 Å². The number of hydrogen-bond donors (Lipinski definition) is 1. The van der Waals surface area contributed by atoms with Crippen molar-refractivity contribution in [2.24, 2.45) is 0 Å². The van der Waals surface area contributed by atoms with Crippen molar-refractivity contribution in [2.45, 2.75) is 77.0 Å². The quantitative estimate of drug-likeness (QED) is 0.210. The fourth-order valence-electron chi connectivity index (χ4n) is 5.06. The Labute approximate surface area is 216 Å². The van der Waals surface area contributed by atoms with Crippen molar-refractivity contribution in [3.05, 3.63) is 51.4 Å². The lowest BCUT2D eigenvalue weighted by atomic mass is 10.1. The summed E-state index contributed by atoms with van der Waals surface area (Å²) >= 11 is 1.51. The molecule has 1 aromatic carbocycles. The van der Waals surface area contributed by atoms with Gasteiger partial charge in [0.15, 0.2) is 0 Å². The number of benzene rings is 1.